The van der Waals surface area contributed by atoms with Gasteiger partial charge in [0.1, 0.15) is 0 Å². The van der Waals surface area contributed by atoms with Crippen molar-refractivity contribution < 1.29 is 28.5 Å². The van der Waals surface area contributed by atoms with Crippen LogP contribution in [0.15, 0.2) is 37.4 Å². The van der Waals surface area contributed by atoms with Crippen LogP contribution in [0.2, 0.25) is 0 Å². The van der Waals surface area contributed by atoms with E-state index in [0.29, 0.717) is 39.7 Å². The Hall–Kier alpha value is -3.41. The van der Waals surface area contributed by atoms with Gasteiger partial charge in [-0.1, -0.05) is 37.4 Å². The third kappa shape index (κ3) is 3.53. The summed E-state index contributed by atoms with van der Waals surface area (Å²) in [5.74, 6) is 1.20. The molecular weight excluding hydrogens is 360 g/mol. The van der Waals surface area contributed by atoms with E-state index in [-0.39, 0.29) is 5.57 Å². The summed E-state index contributed by atoms with van der Waals surface area (Å²) in [5, 5.41) is 0. The predicted molar refractivity (Wildman–Crippen MR) is 109 cm³/mol. The molecule has 0 unspecified atom stereocenters. The average molecular weight is 384 g/mol. The number of ether oxygens (including phenoxy) is 5. The first-order chi connectivity index (χ1) is 13.5. The molecule has 2 aromatic rings. The fraction of sp³-hybridized carbons (Fsp3) is 0.227. The lowest BCUT2D eigenvalue weighted by atomic mass is 9.93. The molecule has 0 aromatic heterocycles. The van der Waals surface area contributed by atoms with Gasteiger partial charge in [-0.3, -0.25) is 0 Å². The van der Waals surface area contributed by atoms with Crippen LogP contribution in [-0.4, -0.2) is 41.5 Å². The van der Waals surface area contributed by atoms with Crippen molar-refractivity contribution in [3.63, 3.8) is 0 Å². The molecule has 28 heavy (non-hydrogen) atoms. The number of carbonyl (C=O) groups excluding carboxylic acids is 1. The Bertz CT molecular complexity index is 914. The van der Waals surface area contributed by atoms with Gasteiger partial charge in [0.05, 0.1) is 41.1 Å². The first-order valence-corrected chi connectivity index (χ1v) is 8.39. The molecule has 0 saturated carbocycles. The molecule has 0 radical (unpaired) electrons. The van der Waals surface area contributed by atoms with Crippen LogP contribution in [0.1, 0.15) is 11.1 Å². The minimum atomic E-state index is -0.502. The van der Waals surface area contributed by atoms with Crippen molar-refractivity contribution in [2.75, 3.05) is 35.5 Å². The number of carbonyl (C=O) groups is 1. The molecule has 0 spiro atoms. The van der Waals surface area contributed by atoms with Crippen molar-refractivity contribution in [3.8, 4) is 34.1 Å². The average Bonchev–Trinajstić information content (AvgIpc) is 2.75. The summed E-state index contributed by atoms with van der Waals surface area (Å²) in [5.41, 5.74) is 2.98. The van der Waals surface area contributed by atoms with E-state index in [9.17, 15) is 4.79 Å². The first kappa shape index (κ1) is 20.9. The molecule has 2 rings (SSSR count). The smallest absolute Gasteiger partial charge is 0.337 e. The minimum absolute atomic E-state index is 0.246. The van der Waals surface area contributed by atoms with Gasteiger partial charge in [0.15, 0.2) is 11.5 Å². The van der Waals surface area contributed by atoms with Gasteiger partial charge < -0.3 is 23.7 Å². The highest BCUT2D eigenvalue weighted by molar-refractivity contribution is 6.15. The summed E-state index contributed by atoms with van der Waals surface area (Å²) in [6.45, 7) is 7.72. The molecule has 6 heteroatoms. The molecule has 148 valence electrons. The Morgan fingerprint density at radius 3 is 1.96 bits per heavy atom. The lowest BCUT2D eigenvalue weighted by Gasteiger charge is -2.22. The standard InChI is InChI=1S/C22H24O6/c1-8-16-17(15-11-9-10-14(12-15)13(2)22(23)28-7)19(25-4)21(27-6)20(26-5)18(16)24-3/h8-12H,1-2H2,3-7H3. The molecule has 0 N–H and O–H groups in total. The van der Waals surface area contributed by atoms with Crippen LogP contribution >= 0.6 is 0 Å². The van der Waals surface area contributed by atoms with Crippen LogP contribution in [0.4, 0.5) is 0 Å². The van der Waals surface area contributed by atoms with Crippen LogP contribution in [0.5, 0.6) is 23.0 Å². The molecule has 0 fully saturated rings. The number of benzene rings is 2. The molecule has 0 aliphatic heterocycles. The van der Waals surface area contributed by atoms with E-state index >= 15 is 0 Å². The second kappa shape index (κ2) is 8.99. The highest BCUT2D eigenvalue weighted by atomic mass is 16.5. The molecule has 0 aliphatic rings. The van der Waals surface area contributed by atoms with Crippen molar-refractivity contribution in [2.45, 2.75) is 0 Å². The molecule has 0 bridgehead atoms. The van der Waals surface area contributed by atoms with Gasteiger partial charge >= 0.3 is 5.97 Å². The van der Waals surface area contributed by atoms with Crippen LogP contribution in [0.25, 0.3) is 22.8 Å². The van der Waals surface area contributed by atoms with E-state index in [1.165, 1.54) is 35.5 Å². The maximum absolute atomic E-state index is 11.9. The van der Waals surface area contributed by atoms with Crippen molar-refractivity contribution >= 4 is 17.6 Å². The van der Waals surface area contributed by atoms with E-state index in [1.54, 1.807) is 12.1 Å². The fourth-order valence-corrected chi connectivity index (χ4v) is 3.03. The minimum Gasteiger partial charge on any atom is -0.492 e. The highest BCUT2D eigenvalue weighted by Crippen LogP contribution is 2.53. The van der Waals surface area contributed by atoms with E-state index in [4.69, 9.17) is 23.7 Å². The number of hydrogen-bond donors (Lipinski definition) is 0. The zero-order chi connectivity index (χ0) is 20.8. The van der Waals surface area contributed by atoms with Crippen molar-refractivity contribution in [3.05, 3.63) is 48.6 Å². The molecule has 0 aliphatic carbocycles. The van der Waals surface area contributed by atoms with Gasteiger partial charge in [-0.2, -0.15) is 0 Å². The summed E-state index contributed by atoms with van der Waals surface area (Å²) in [6, 6.07) is 7.29. The Balaban J connectivity index is 2.87. The van der Waals surface area contributed by atoms with Gasteiger partial charge in [0.2, 0.25) is 11.5 Å². The third-order valence-electron chi connectivity index (χ3n) is 4.31. The zero-order valence-electron chi connectivity index (χ0n) is 16.8. The Labute approximate surface area is 164 Å². The normalized spacial score (nSPS) is 10.0. The van der Waals surface area contributed by atoms with E-state index in [1.807, 2.05) is 18.2 Å². The van der Waals surface area contributed by atoms with E-state index in [0.717, 1.165) is 5.56 Å². The summed E-state index contributed by atoms with van der Waals surface area (Å²) in [7, 11) is 7.43. The fourth-order valence-electron chi connectivity index (χ4n) is 3.03. The van der Waals surface area contributed by atoms with E-state index in [2.05, 4.69) is 13.2 Å². The lowest BCUT2D eigenvalue weighted by molar-refractivity contribution is -0.133. The van der Waals surface area contributed by atoms with Gasteiger partial charge in [-0.05, 0) is 17.2 Å². The Morgan fingerprint density at radius 2 is 1.46 bits per heavy atom. The van der Waals surface area contributed by atoms with Crippen molar-refractivity contribution in [1.29, 1.82) is 0 Å². The SMILES string of the molecule is C=Cc1c(OC)c(OC)c(OC)c(OC)c1-c1cccc(C(=C)C(=O)OC)c1. The molecule has 2 aromatic carbocycles. The molecule has 0 amide bonds. The van der Waals surface area contributed by atoms with Gasteiger partial charge in [0, 0.05) is 11.1 Å². The molecule has 0 saturated heterocycles. The van der Waals surface area contributed by atoms with Gasteiger partial charge in [0.25, 0.3) is 0 Å². The van der Waals surface area contributed by atoms with Crippen LogP contribution in [-0.2, 0) is 9.53 Å². The monoisotopic (exact) mass is 384 g/mol. The summed E-state index contributed by atoms with van der Waals surface area (Å²) in [4.78, 5) is 11.9. The molecule has 6 nitrogen and oxygen atoms in total. The van der Waals surface area contributed by atoms with Crippen LogP contribution in [0.3, 0.4) is 0 Å². The summed E-state index contributed by atoms with van der Waals surface area (Å²) < 4.78 is 27.0. The predicted octanol–water partition coefficient (Wildman–Crippen LogP) is 4.22. The van der Waals surface area contributed by atoms with Gasteiger partial charge in [-0.15, -0.1) is 0 Å². The Morgan fingerprint density at radius 1 is 0.893 bits per heavy atom. The van der Waals surface area contributed by atoms with Crippen molar-refractivity contribution in [1.82, 2.24) is 0 Å². The van der Waals surface area contributed by atoms with Crippen molar-refractivity contribution in [2.24, 2.45) is 0 Å². The van der Waals surface area contributed by atoms with Crippen LogP contribution < -0.4 is 18.9 Å². The quantitative estimate of drug-likeness (QED) is 0.502. The second-order valence-electron chi connectivity index (χ2n) is 5.68. The molecule has 0 atom stereocenters. The summed E-state index contributed by atoms with van der Waals surface area (Å²) in [6.07, 6.45) is 1.65. The topological polar surface area (TPSA) is 63.2 Å². The first-order valence-electron chi connectivity index (χ1n) is 8.39. The number of methoxy groups -OCH3 is 5. The van der Waals surface area contributed by atoms with Gasteiger partial charge in [-0.25, -0.2) is 4.79 Å². The Kier molecular flexibility index (Phi) is 6.71. The number of hydrogen-bond acceptors (Lipinski definition) is 6. The molecular formula is C22H24O6. The van der Waals surface area contributed by atoms with Crippen LogP contribution in [0, 0.1) is 0 Å². The maximum atomic E-state index is 11.9. The number of rotatable bonds is 8. The highest BCUT2D eigenvalue weighted by Gasteiger charge is 2.27. The second-order valence-corrected chi connectivity index (χ2v) is 5.68. The third-order valence-corrected chi connectivity index (χ3v) is 4.31. The maximum Gasteiger partial charge on any atom is 0.337 e. The number of esters is 1. The zero-order valence-corrected chi connectivity index (χ0v) is 16.8. The largest absolute Gasteiger partial charge is 0.492 e. The summed E-state index contributed by atoms with van der Waals surface area (Å²) >= 11 is 0. The lowest BCUT2D eigenvalue weighted by Crippen LogP contribution is -2.04. The van der Waals surface area contributed by atoms with E-state index < -0.39 is 5.97 Å². The molecule has 0 heterocycles.